The van der Waals surface area contributed by atoms with E-state index < -0.39 is 0 Å². The lowest BCUT2D eigenvalue weighted by molar-refractivity contribution is 0.0914. The first-order valence-electron chi connectivity index (χ1n) is 4.50. The maximum Gasteiger partial charge on any atom is 0.287 e. The van der Waals surface area contributed by atoms with Gasteiger partial charge in [-0.25, -0.2) is 0 Å². The van der Waals surface area contributed by atoms with Crippen LogP contribution in [0.15, 0.2) is 16.5 Å². The summed E-state index contributed by atoms with van der Waals surface area (Å²) in [6.07, 6.45) is 0. The van der Waals surface area contributed by atoms with Crippen molar-refractivity contribution >= 4 is 29.9 Å². The second-order valence-electron chi connectivity index (χ2n) is 3.34. The molecular formula is C9H12Cl2N2O2. The lowest BCUT2D eigenvalue weighted by Crippen LogP contribution is -2.48. The van der Waals surface area contributed by atoms with Crippen LogP contribution >= 0.6 is 24.0 Å². The van der Waals surface area contributed by atoms with Gasteiger partial charge in [-0.15, -0.1) is 12.4 Å². The van der Waals surface area contributed by atoms with Crippen LogP contribution in [0.3, 0.4) is 0 Å². The molecule has 0 radical (unpaired) electrons. The molecule has 1 aromatic heterocycles. The topological polar surface area (TPSA) is 54.3 Å². The van der Waals surface area contributed by atoms with Gasteiger partial charge in [0.05, 0.1) is 0 Å². The van der Waals surface area contributed by atoms with Gasteiger partial charge in [-0.05, 0) is 23.7 Å². The molecule has 2 N–H and O–H groups in total. The van der Waals surface area contributed by atoms with Gasteiger partial charge < -0.3 is 15.1 Å². The first kappa shape index (κ1) is 12.4. The van der Waals surface area contributed by atoms with Crippen molar-refractivity contribution in [1.82, 2.24) is 10.6 Å². The smallest absolute Gasteiger partial charge is 0.287 e. The molecule has 4 nitrogen and oxygen atoms in total. The zero-order chi connectivity index (χ0) is 9.97. The van der Waals surface area contributed by atoms with Crippen LogP contribution in [0.4, 0.5) is 0 Å². The summed E-state index contributed by atoms with van der Waals surface area (Å²) in [5, 5.41) is 6.15. The first-order valence-corrected chi connectivity index (χ1v) is 4.88. The number of nitrogens with one attached hydrogen (secondary N) is 2. The Hall–Kier alpha value is -0.710. The van der Waals surface area contributed by atoms with Gasteiger partial charge >= 0.3 is 0 Å². The molecule has 15 heavy (non-hydrogen) atoms. The fourth-order valence-electron chi connectivity index (χ4n) is 1.25. The Morgan fingerprint density at radius 1 is 1.60 bits per heavy atom. The maximum absolute atomic E-state index is 11.4. The third-order valence-corrected chi connectivity index (χ3v) is 2.42. The highest BCUT2D eigenvalue weighted by molar-refractivity contribution is 6.29. The van der Waals surface area contributed by atoms with Crippen molar-refractivity contribution in [2.75, 3.05) is 19.6 Å². The zero-order valence-corrected chi connectivity index (χ0v) is 9.53. The fraction of sp³-hybridized carbons (Fsp3) is 0.444. The van der Waals surface area contributed by atoms with Crippen molar-refractivity contribution in [2.45, 2.75) is 0 Å². The van der Waals surface area contributed by atoms with E-state index in [2.05, 4.69) is 10.6 Å². The Bertz CT molecular complexity index is 337. The van der Waals surface area contributed by atoms with Crippen LogP contribution in [0.2, 0.25) is 5.22 Å². The molecule has 0 atom stereocenters. The second-order valence-corrected chi connectivity index (χ2v) is 3.71. The highest BCUT2D eigenvalue weighted by Crippen LogP contribution is 2.12. The second kappa shape index (κ2) is 5.39. The molecule has 1 saturated heterocycles. The number of carbonyl (C=O) groups excluding carboxylic acids is 1. The largest absolute Gasteiger partial charge is 0.440 e. The quantitative estimate of drug-likeness (QED) is 0.851. The molecule has 0 aliphatic carbocycles. The molecule has 84 valence electrons. The zero-order valence-electron chi connectivity index (χ0n) is 7.96. The number of carbonyl (C=O) groups is 1. The first-order chi connectivity index (χ1) is 6.75. The summed E-state index contributed by atoms with van der Waals surface area (Å²) in [6.45, 7) is 2.63. The van der Waals surface area contributed by atoms with E-state index in [1.54, 1.807) is 12.1 Å². The predicted molar refractivity (Wildman–Crippen MR) is 59.7 cm³/mol. The van der Waals surface area contributed by atoms with Gasteiger partial charge in [0.25, 0.3) is 5.91 Å². The Kier molecular flexibility index (Phi) is 4.45. The van der Waals surface area contributed by atoms with E-state index in [0.717, 1.165) is 13.1 Å². The third-order valence-electron chi connectivity index (χ3n) is 2.21. The molecule has 2 rings (SSSR count). The SMILES string of the molecule is Cl.O=C(NCC1CNC1)c1ccc(Cl)o1. The van der Waals surface area contributed by atoms with Gasteiger partial charge in [0.2, 0.25) is 0 Å². The number of furan rings is 1. The highest BCUT2D eigenvalue weighted by Gasteiger charge is 2.18. The maximum atomic E-state index is 11.4. The fourth-order valence-corrected chi connectivity index (χ4v) is 1.40. The minimum atomic E-state index is -0.205. The number of amides is 1. The van der Waals surface area contributed by atoms with E-state index in [4.69, 9.17) is 16.0 Å². The standard InChI is InChI=1S/C9H11ClN2O2.ClH/c10-8-2-1-7(14-8)9(13)12-5-6-3-11-4-6;/h1-2,6,11H,3-5H2,(H,12,13);1H. The van der Waals surface area contributed by atoms with E-state index in [1.807, 2.05) is 0 Å². The normalized spacial score (nSPS) is 15.3. The summed E-state index contributed by atoms with van der Waals surface area (Å²) >= 11 is 5.55. The molecular weight excluding hydrogens is 239 g/mol. The molecule has 1 aromatic rings. The molecule has 0 aromatic carbocycles. The molecule has 1 fully saturated rings. The van der Waals surface area contributed by atoms with Crippen LogP contribution in [0.25, 0.3) is 0 Å². The lowest BCUT2D eigenvalue weighted by Gasteiger charge is -2.26. The van der Waals surface area contributed by atoms with Crippen molar-refractivity contribution in [3.63, 3.8) is 0 Å². The molecule has 1 amide bonds. The van der Waals surface area contributed by atoms with Crippen LogP contribution in [-0.4, -0.2) is 25.5 Å². The molecule has 1 aliphatic rings. The van der Waals surface area contributed by atoms with Gasteiger partial charge in [-0.3, -0.25) is 4.79 Å². The molecule has 6 heteroatoms. The number of hydrogen-bond donors (Lipinski definition) is 2. The van der Waals surface area contributed by atoms with Crippen molar-refractivity contribution in [2.24, 2.45) is 5.92 Å². The molecule has 0 bridgehead atoms. The van der Waals surface area contributed by atoms with Gasteiger partial charge in [-0.2, -0.15) is 0 Å². The summed E-state index contributed by atoms with van der Waals surface area (Å²) in [5.41, 5.74) is 0. The predicted octanol–water partition coefficient (Wildman–Crippen LogP) is 1.30. The van der Waals surface area contributed by atoms with Crippen LogP contribution in [0.5, 0.6) is 0 Å². The van der Waals surface area contributed by atoms with Crippen LogP contribution in [0, 0.1) is 5.92 Å². The summed E-state index contributed by atoms with van der Waals surface area (Å²) in [7, 11) is 0. The van der Waals surface area contributed by atoms with Crippen molar-refractivity contribution in [3.8, 4) is 0 Å². The van der Waals surface area contributed by atoms with Crippen molar-refractivity contribution in [1.29, 1.82) is 0 Å². The Labute approximate surface area is 98.8 Å². The average molecular weight is 251 g/mol. The lowest BCUT2D eigenvalue weighted by atomic mass is 10.0. The van der Waals surface area contributed by atoms with E-state index in [9.17, 15) is 4.79 Å². The van der Waals surface area contributed by atoms with E-state index >= 15 is 0 Å². The minimum absolute atomic E-state index is 0. The Morgan fingerprint density at radius 2 is 2.33 bits per heavy atom. The molecule has 1 aliphatic heterocycles. The summed E-state index contributed by atoms with van der Waals surface area (Å²) in [5.74, 6) is 0.607. The third kappa shape index (κ3) is 3.12. The minimum Gasteiger partial charge on any atom is -0.440 e. The monoisotopic (exact) mass is 250 g/mol. The number of halogens is 2. The summed E-state index contributed by atoms with van der Waals surface area (Å²) in [4.78, 5) is 11.4. The van der Waals surface area contributed by atoms with Gasteiger partial charge in [0.1, 0.15) is 0 Å². The summed E-state index contributed by atoms with van der Waals surface area (Å²) in [6, 6.07) is 3.12. The van der Waals surface area contributed by atoms with E-state index in [-0.39, 0.29) is 29.3 Å². The Morgan fingerprint density at radius 3 is 2.80 bits per heavy atom. The van der Waals surface area contributed by atoms with Gasteiger partial charge in [0.15, 0.2) is 11.0 Å². The molecule has 0 unspecified atom stereocenters. The molecule has 2 heterocycles. The van der Waals surface area contributed by atoms with Crippen molar-refractivity contribution in [3.05, 3.63) is 23.1 Å². The van der Waals surface area contributed by atoms with Gasteiger partial charge in [0, 0.05) is 25.6 Å². The van der Waals surface area contributed by atoms with E-state index in [0.29, 0.717) is 12.5 Å². The summed E-state index contributed by atoms with van der Waals surface area (Å²) < 4.78 is 4.97. The number of hydrogen-bond acceptors (Lipinski definition) is 3. The van der Waals surface area contributed by atoms with Crippen molar-refractivity contribution < 1.29 is 9.21 Å². The van der Waals surface area contributed by atoms with E-state index in [1.165, 1.54) is 0 Å². The highest BCUT2D eigenvalue weighted by atomic mass is 35.5. The van der Waals surface area contributed by atoms with Crippen LogP contribution in [0.1, 0.15) is 10.6 Å². The van der Waals surface area contributed by atoms with Crippen LogP contribution < -0.4 is 10.6 Å². The Balaban J connectivity index is 0.00000112. The number of rotatable bonds is 3. The molecule has 0 saturated carbocycles. The average Bonchev–Trinajstić information content (AvgIpc) is 2.49. The molecule has 0 spiro atoms. The van der Waals surface area contributed by atoms with Gasteiger partial charge in [-0.1, -0.05) is 0 Å². The van der Waals surface area contributed by atoms with Crippen LogP contribution in [-0.2, 0) is 0 Å².